The van der Waals surface area contributed by atoms with Crippen LogP contribution in [0.25, 0.3) is 6.08 Å². The summed E-state index contributed by atoms with van der Waals surface area (Å²) in [4.78, 5) is 4.63. The summed E-state index contributed by atoms with van der Waals surface area (Å²) in [6.07, 6.45) is 15.4. The molecule has 0 atom stereocenters. The number of allylic oxidation sites excluding steroid dienone is 1. The number of hydrogen-bond donors (Lipinski definition) is 2. The molecule has 1 aromatic carbocycles. The van der Waals surface area contributed by atoms with Crippen molar-refractivity contribution in [3.63, 3.8) is 0 Å². The number of pyridine rings is 1. The summed E-state index contributed by atoms with van der Waals surface area (Å²) in [6.45, 7) is 2.78. The summed E-state index contributed by atoms with van der Waals surface area (Å²) in [5.74, 6) is 0.738. The van der Waals surface area contributed by atoms with Crippen LogP contribution in [0.15, 0.2) is 36.5 Å². The lowest BCUT2D eigenvalue weighted by molar-refractivity contribution is 0.420. The van der Waals surface area contributed by atoms with Crippen LogP contribution in [0, 0.1) is 5.92 Å². The molecule has 4 heteroatoms. The molecule has 2 heterocycles. The fourth-order valence-electron chi connectivity index (χ4n) is 4.33. The quantitative estimate of drug-likeness (QED) is 0.688. The Morgan fingerprint density at radius 2 is 1.93 bits per heavy atom. The second-order valence-corrected chi connectivity index (χ2v) is 8.42. The molecular weight excluding hydrogens is 366 g/mol. The van der Waals surface area contributed by atoms with Gasteiger partial charge in [-0.25, -0.2) is 0 Å². The van der Waals surface area contributed by atoms with Crippen LogP contribution in [0.3, 0.4) is 0 Å². The number of nitrogens with one attached hydrogen (secondary N) is 2. The SMILES string of the molecule is Clc1ccc2c(c1NCc1ccc(/C=C\C3CCCCC3)nc1)CCNCC2. The maximum absolute atomic E-state index is 6.51. The molecular formula is C24H30ClN3. The number of fused-ring (bicyclic) bond motifs is 1. The molecule has 28 heavy (non-hydrogen) atoms. The van der Waals surface area contributed by atoms with E-state index in [1.165, 1.54) is 48.8 Å². The molecule has 1 fully saturated rings. The van der Waals surface area contributed by atoms with Gasteiger partial charge in [0.05, 0.1) is 16.4 Å². The van der Waals surface area contributed by atoms with Crippen molar-refractivity contribution in [1.29, 1.82) is 0 Å². The van der Waals surface area contributed by atoms with Gasteiger partial charge in [0.2, 0.25) is 0 Å². The standard InChI is InChI=1S/C24H30ClN3/c25-23-11-8-20-12-14-26-15-13-22(20)24(23)28-17-19-7-10-21(27-16-19)9-6-18-4-2-1-3-5-18/h6-11,16,18,26,28H,1-5,12-15,17H2/b9-6-. The van der Waals surface area contributed by atoms with E-state index in [4.69, 9.17) is 11.6 Å². The van der Waals surface area contributed by atoms with E-state index < -0.39 is 0 Å². The Balaban J connectivity index is 1.39. The highest BCUT2D eigenvalue weighted by Gasteiger charge is 2.14. The summed E-state index contributed by atoms with van der Waals surface area (Å²) in [7, 11) is 0. The highest BCUT2D eigenvalue weighted by atomic mass is 35.5. The van der Waals surface area contributed by atoms with Crippen LogP contribution < -0.4 is 10.6 Å². The highest BCUT2D eigenvalue weighted by Crippen LogP contribution is 2.31. The van der Waals surface area contributed by atoms with E-state index in [9.17, 15) is 0 Å². The van der Waals surface area contributed by atoms with Crippen molar-refractivity contribution in [3.8, 4) is 0 Å². The van der Waals surface area contributed by atoms with Crippen LogP contribution in [-0.4, -0.2) is 18.1 Å². The zero-order chi connectivity index (χ0) is 19.2. The van der Waals surface area contributed by atoms with Crippen LogP contribution in [0.1, 0.15) is 54.5 Å². The topological polar surface area (TPSA) is 37.0 Å². The number of halogens is 1. The summed E-state index contributed by atoms with van der Waals surface area (Å²) in [6, 6.07) is 8.47. The van der Waals surface area contributed by atoms with Gasteiger partial charge in [0.1, 0.15) is 0 Å². The molecule has 4 rings (SSSR count). The highest BCUT2D eigenvalue weighted by molar-refractivity contribution is 6.33. The van der Waals surface area contributed by atoms with Gasteiger partial charge in [-0.15, -0.1) is 0 Å². The summed E-state index contributed by atoms with van der Waals surface area (Å²) >= 11 is 6.51. The minimum absolute atomic E-state index is 0.738. The molecule has 1 aromatic heterocycles. The van der Waals surface area contributed by atoms with E-state index in [0.717, 1.165) is 54.8 Å². The van der Waals surface area contributed by atoms with Crippen LogP contribution in [0.5, 0.6) is 0 Å². The Kier molecular flexibility index (Phi) is 6.66. The molecule has 0 bridgehead atoms. The lowest BCUT2D eigenvalue weighted by Crippen LogP contribution is -2.16. The Bertz CT molecular complexity index is 807. The average molecular weight is 396 g/mol. The Hall–Kier alpha value is -1.84. The summed E-state index contributed by atoms with van der Waals surface area (Å²) in [5, 5.41) is 7.85. The third-order valence-corrected chi connectivity index (χ3v) is 6.30. The van der Waals surface area contributed by atoms with Crippen molar-refractivity contribution < 1.29 is 0 Å². The third kappa shape index (κ3) is 4.95. The number of anilines is 1. The van der Waals surface area contributed by atoms with E-state index in [2.05, 4.69) is 46.0 Å². The van der Waals surface area contributed by atoms with Gasteiger partial charge in [-0.3, -0.25) is 4.98 Å². The van der Waals surface area contributed by atoms with E-state index in [1.807, 2.05) is 12.3 Å². The van der Waals surface area contributed by atoms with Crippen molar-refractivity contribution in [1.82, 2.24) is 10.3 Å². The maximum Gasteiger partial charge on any atom is 0.0640 e. The molecule has 1 aliphatic carbocycles. The number of rotatable bonds is 5. The van der Waals surface area contributed by atoms with Crippen molar-refractivity contribution in [2.45, 2.75) is 51.5 Å². The summed E-state index contributed by atoms with van der Waals surface area (Å²) < 4.78 is 0. The first-order valence-electron chi connectivity index (χ1n) is 10.7. The Labute approximate surface area is 173 Å². The van der Waals surface area contributed by atoms with Crippen molar-refractivity contribution in [3.05, 3.63) is 63.9 Å². The lowest BCUT2D eigenvalue weighted by Gasteiger charge is -2.17. The minimum Gasteiger partial charge on any atom is -0.379 e. The fourth-order valence-corrected chi connectivity index (χ4v) is 4.57. The molecule has 0 amide bonds. The molecule has 2 aliphatic rings. The van der Waals surface area contributed by atoms with Gasteiger partial charge < -0.3 is 10.6 Å². The van der Waals surface area contributed by atoms with Gasteiger partial charge in [-0.1, -0.05) is 49.1 Å². The molecule has 2 aromatic rings. The maximum atomic E-state index is 6.51. The predicted octanol–water partition coefficient (Wildman–Crippen LogP) is 5.63. The fraction of sp³-hybridized carbons (Fsp3) is 0.458. The van der Waals surface area contributed by atoms with Gasteiger partial charge in [0.15, 0.2) is 0 Å². The first-order chi connectivity index (χ1) is 13.8. The number of aromatic nitrogens is 1. The zero-order valence-corrected chi connectivity index (χ0v) is 17.3. The monoisotopic (exact) mass is 395 g/mol. The van der Waals surface area contributed by atoms with Gasteiger partial charge in [0, 0.05) is 12.7 Å². The molecule has 1 saturated carbocycles. The molecule has 0 radical (unpaired) electrons. The van der Waals surface area contributed by atoms with Crippen LogP contribution >= 0.6 is 11.6 Å². The van der Waals surface area contributed by atoms with Gasteiger partial charge in [-0.2, -0.15) is 0 Å². The molecule has 2 N–H and O–H groups in total. The predicted molar refractivity (Wildman–Crippen MR) is 119 cm³/mol. The lowest BCUT2D eigenvalue weighted by atomic mass is 9.89. The Morgan fingerprint density at radius 3 is 2.75 bits per heavy atom. The molecule has 1 aliphatic heterocycles. The average Bonchev–Trinajstić information content (AvgIpc) is 2.99. The van der Waals surface area contributed by atoms with E-state index in [1.54, 1.807) is 0 Å². The third-order valence-electron chi connectivity index (χ3n) is 5.99. The molecule has 0 saturated heterocycles. The van der Waals surface area contributed by atoms with Crippen molar-refractivity contribution >= 4 is 23.4 Å². The zero-order valence-electron chi connectivity index (χ0n) is 16.5. The first kappa shape index (κ1) is 19.5. The summed E-state index contributed by atoms with van der Waals surface area (Å²) in [5.41, 5.74) is 6.07. The van der Waals surface area contributed by atoms with Crippen molar-refractivity contribution in [2.75, 3.05) is 18.4 Å². The van der Waals surface area contributed by atoms with Gasteiger partial charge in [-0.05, 0) is 79.6 Å². The number of benzene rings is 1. The largest absolute Gasteiger partial charge is 0.379 e. The normalized spacial score (nSPS) is 18.0. The second-order valence-electron chi connectivity index (χ2n) is 8.01. The van der Waals surface area contributed by atoms with Crippen LogP contribution in [0.4, 0.5) is 5.69 Å². The van der Waals surface area contributed by atoms with E-state index in [0.29, 0.717) is 0 Å². The van der Waals surface area contributed by atoms with Gasteiger partial charge in [0.25, 0.3) is 0 Å². The number of hydrogen-bond acceptors (Lipinski definition) is 3. The minimum atomic E-state index is 0.738. The first-order valence-corrected chi connectivity index (χ1v) is 11.1. The molecule has 3 nitrogen and oxygen atoms in total. The smallest absolute Gasteiger partial charge is 0.0640 e. The Morgan fingerprint density at radius 1 is 1.07 bits per heavy atom. The number of nitrogens with zero attached hydrogens (tertiary/aromatic N) is 1. The second kappa shape index (κ2) is 9.58. The molecule has 148 valence electrons. The van der Waals surface area contributed by atoms with E-state index in [-0.39, 0.29) is 0 Å². The van der Waals surface area contributed by atoms with Crippen molar-refractivity contribution in [2.24, 2.45) is 5.92 Å². The van der Waals surface area contributed by atoms with Gasteiger partial charge >= 0.3 is 0 Å². The van der Waals surface area contributed by atoms with Crippen LogP contribution in [-0.2, 0) is 19.4 Å². The molecule has 0 spiro atoms. The van der Waals surface area contributed by atoms with E-state index >= 15 is 0 Å². The van der Waals surface area contributed by atoms with Crippen LogP contribution in [0.2, 0.25) is 5.02 Å². The molecule has 0 unspecified atom stereocenters.